The van der Waals surface area contributed by atoms with Gasteiger partial charge in [-0.2, -0.15) is 5.10 Å². The van der Waals surface area contributed by atoms with E-state index < -0.39 is 0 Å². The molecule has 4 nitrogen and oxygen atoms in total. The van der Waals surface area contributed by atoms with Crippen LogP contribution in [0.5, 0.6) is 0 Å². The van der Waals surface area contributed by atoms with Gasteiger partial charge in [0.2, 0.25) is 0 Å². The van der Waals surface area contributed by atoms with Crippen LogP contribution in [0.1, 0.15) is 36.3 Å². The summed E-state index contributed by atoms with van der Waals surface area (Å²) in [5.41, 5.74) is 4.72. The molecule has 1 aromatic carbocycles. The molecule has 0 saturated carbocycles. The molecule has 3 rings (SSSR count). The van der Waals surface area contributed by atoms with Gasteiger partial charge in [-0.1, -0.05) is 26.0 Å². The quantitative estimate of drug-likeness (QED) is 0.675. The zero-order valence-corrected chi connectivity index (χ0v) is 11.5. The molecule has 0 amide bonds. The van der Waals surface area contributed by atoms with Gasteiger partial charge in [-0.15, -0.1) is 0 Å². The number of carbonyl (C=O) groups excluding carboxylic acids is 1. The maximum Gasteiger partial charge on any atom is 0.168 e. The zero-order valence-electron chi connectivity index (χ0n) is 11.5. The summed E-state index contributed by atoms with van der Waals surface area (Å²) in [6, 6.07) is 8.09. The molecule has 19 heavy (non-hydrogen) atoms. The second-order valence-electron chi connectivity index (χ2n) is 4.74. The molecular formula is C15H17N3O. The third-order valence-electron chi connectivity index (χ3n) is 3.66. The smallest absolute Gasteiger partial charge is 0.168 e. The molecule has 2 heterocycles. The molecule has 98 valence electrons. The van der Waals surface area contributed by atoms with Crippen LogP contribution >= 0.6 is 0 Å². The normalized spacial score (nSPS) is 11.5. The van der Waals surface area contributed by atoms with E-state index in [1.807, 2.05) is 43.6 Å². The molecule has 0 aliphatic heterocycles. The highest BCUT2D eigenvalue weighted by Crippen LogP contribution is 2.25. The Labute approximate surface area is 111 Å². The Morgan fingerprint density at radius 1 is 1.21 bits per heavy atom. The van der Waals surface area contributed by atoms with E-state index >= 15 is 0 Å². The lowest BCUT2D eigenvalue weighted by Crippen LogP contribution is -2.02. The van der Waals surface area contributed by atoms with Crippen LogP contribution in [0.4, 0.5) is 0 Å². The van der Waals surface area contributed by atoms with E-state index in [0.29, 0.717) is 6.42 Å². The maximum atomic E-state index is 12.2. The lowest BCUT2D eigenvalue weighted by atomic mass is 10.1. The lowest BCUT2D eigenvalue weighted by molar-refractivity contribution is 0.0988. The van der Waals surface area contributed by atoms with Gasteiger partial charge in [0, 0.05) is 13.5 Å². The summed E-state index contributed by atoms with van der Waals surface area (Å²) in [4.78, 5) is 12.2. The average Bonchev–Trinajstić information content (AvgIpc) is 2.95. The number of carbonyl (C=O) groups is 1. The van der Waals surface area contributed by atoms with Crippen molar-refractivity contribution in [2.24, 2.45) is 7.05 Å². The summed E-state index contributed by atoms with van der Waals surface area (Å²) in [5, 5.41) is 4.62. The number of ketones is 1. The predicted octanol–water partition coefficient (Wildman–Crippen LogP) is 2.98. The number of aromatic nitrogens is 3. The Bertz CT molecular complexity index is 779. The molecule has 0 saturated heterocycles. The summed E-state index contributed by atoms with van der Waals surface area (Å²) in [5.74, 6) is 0.165. The van der Waals surface area contributed by atoms with Crippen molar-refractivity contribution in [3.05, 3.63) is 35.5 Å². The number of rotatable bonds is 3. The van der Waals surface area contributed by atoms with E-state index in [2.05, 4.69) is 15.7 Å². The van der Waals surface area contributed by atoms with Gasteiger partial charge < -0.3 is 4.57 Å². The van der Waals surface area contributed by atoms with E-state index in [4.69, 9.17) is 0 Å². The molecule has 0 fully saturated rings. The van der Waals surface area contributed by atoms with Crippen molar-refractivity contribution in [3.8, 4) is 0 Å². The minimum Gasteiger partial charge on any atom is -0.327 e. The number of hydrogen-bond acceptors (Lipinski definition) is 2. The van der Waals surface area contributed by atoms with Crippen molar-refractivity contribution in [2.45, 2.75) is 26.7 Å². The van der Waals surface area contributed by atoms with Crippen LogP contribution in [0.2, 0.25) is 0 Å². The van der Waals surface area contributed by atoms with Gasteiger partial charge >= 0.3 is 0 Å². The number of aryl methyl sites for hydroxylation is 2. The standard InChI is InChI=1S/C15H17N3O/c1-4-10-14(13(19)5-2)15-17(3)11-8-6-7-9-12(11)18(15)16-10/h6-9H,4-5H2,1-3H3. The largest absolute Gasteiger partial charge is 0.327 e. The van der Waals surface area contributed by atoms with E-state index in [0.717, 1.165) is 34.4 Å². The van der Waals surface area contributed by atoms with Crippen LogP contribution in [-0.2, 0) is 13.5 Å². The third kappa shape index (κ3) is 1.52. The number of nitrogens with zero attached hydrogens (tertiary/aromatic N) is 3. The predicted molar refractivity (Wildman–Crippen MR) is 75.7 cm³/mol. The highest BCUT2D eigenvalue weighted by molar-refractivity contribution is 6.04. The van der Waals surface area contributed by atoms with E-state index in [9.17, 15) is 4.79 Å². The van der Waals surface area contributed by atoms with Gasteiger partial charge in [-0.3, -0.25) is 4.79 Å². The fraction of sp³-hybridized carbons (Fsp3) is 0.333. The van der Waals surface area contributed by atoms with Gasteiger partial charge in [0.25, 0.3) is 0 Å². The number of imidazole rings is 1. The van der Waals surface area contributed by atoms with Crippen LogP contribution < -0.4 is 0 Å². The summed E-state index contributed by atoms with van der Waals surface area (Å²) < 4.78 is 3.96. The summed E-state index contributed by atoms with van der Waals surface area (Å²) in [7, 11) is 1.99. The first-order valence-electron chi connectivity index (χ1n) is 6.67. The highest BCUT2D eigenvalue weighted by atomic mass is 16.1. The van der Waals surface area contributed by atoms with Gasteiger partial charge in [0.15, 0.2) is 5.78 Å². The second-order valence-corrected chi connectivity index (χ2v) is 4.74. The van der Waals surface area contributed by atoms with E-state index in [1.54, 1.807) is 0 Å². The monoisotopic (exact) mass is 255 g/mol. The fourth-order valence-electron chi connectivity index (χ4n) is 2.68. The minimum absolute atomic E-state index is 0.165. The molecule has 2 aromatic heterocycles. The van der Waals surface area contributed by atoms with Gasteiger partial charge in [0.05, 0.1) is 22.3 Å². The molecule has 0 spiro atoms. The number of Topliss-reactive ketones (excluding diaryl/α,β-unsaturated/α-hetero) is 1. The minimum atomic E-state index is 0.165. The van der Waals surface area contributed by atoms with Gasteiger partial charge in [-0.25, -0.2) is 4.52 Å². The number of hydrogen-bond donors (Lipinski definition) is 0. The molecule has 4 heteroatoms. The SMILES string of the molecule is CCC(=O)c1c(CC)nn2c3ccccc3n(C)c12. The van der Waals surface area contributed by atoms with E-state index in [-0.39, 0.29) is 5.78 Å². The molecule has 0 atom stereocenters. The first kappa shape index (κ1) is 12.0. The Balaban J connectivity index is 2.49. The number of fused-ring (bicyclic) bond motifs is 3. The lowest BCUT2D eigenvalue weighted by Gasteiger charge is -2.00. The highest BCUT2D eigenvalue weighted by Gasteiger charge is 2.22. The van der Waals surface area contributed by atoms with Crippen LogP contribution in [0.25, 0.3) is 16.7 Å². The van der Waals surface area contributed by atoms with Gasteiger partial charge in [0.1, 0.15) is 5.65 Å². The Morgan fingerprint density at radius 2 is 1.89 bits per heavy atom. The Hall–Kier alpha value is -2.10. The topological polar surface area (TPSA) is 39.3 Å². The Kier molecular flexibility index (Phi) is 2.66. The molecule has 0 aliphatic rings. The summed E-state index contributed by atoms with van der Waals surface area (Å²) in [6.07, 6.45) is 1.28. The number of benzene rings is 1. The third-order valence-corrected chi connectivity index (χ3v) is 3.66. The maximum absolute atomic E-state index is 12.2. The van der Waals surface area contributed by atoms with Crippen molar-refractivity contribution in [1.82, 2.24) is 14.2 Å². The Morgan fingerprint density at radius 3 is 2.53 bits per heavy atom. The molecule has 0 N–H and O–H groups in total. The van der Waals surface area contributed by atoms with Crippen molar-refractivity contribution in [2.75, 3.05) is 0 Å². The first-order chi connectivity index (χ1) is 9.19. The molecule has 0 radical (unpaired) electrons. The molecule has 0 unspecified atom stereocenters. The van der Waals surface area contributed by atoms with Crippen molar-refractivity contribution >= 4 is 22.5 Å². The van der Waals surface area contributed by atoms with Crippen LogP contribution in [0.15, 0.2) is 24.3 Å². The molecule has 3 aromatic rings. The molecule has 0 aliphatic carbocycles. The summed E-state index contributed by atoms with van der Waals surface area (Å²) in [6.45, 7) is 3.93. The molecular weight excluding hydrogens is 238 g/mol. The van der Waals surface area contributed by atoms with Crippen molar-refractivity contribution in [1.29, 1.82) is 0 Å². The van der Waals surface area contributed by atoms with Crippen LogP contribution in [-0.4, -0.2) is 20.0 Å². The fourth-order valence-corrected chi connectivity index (χ4v) is 2.68. The summed E-state index contributed by atoms with van der Waals surface area (Å²) >= 11 is 0. The van der Waals surface area contributed by atoms with Crippen molar-refractivity contribution < 1.29 is 4.79 Å². The zero-order chi connectivity index (χ0) is 13.6. The second kappa shape index (κ2) is 4.23. The average molecular weight is 255 g/mol. The first-order valence-corrected chi connectivity index (χ1v) is 6.67. The van der Waals surface area contributed by atoms with Crippen molar-refractivity contribution in [3.63, 3.8) is 0 Å². The van der Waals surface area contributed by atoms with E-state index in [1.165, 1.54) is 0 Å². The molecule has 0 bridgehead atoms. The van der Waals surface area contributed by atoms with Crippen LogP contribution in [0, 0.1) is 0 Å². The van der Waals surface area contributed by atoms with Gasteiger partial charge in [-0.05, 0) is 18.6 Å². The van der Waals surface area contributed by atoms with Crippen LogP contribution in [0.3, 0.4) is 0 Å². The number of para-hydroxylation sites is 2.